The van der Waals surface area contributed by atoms with Gasteiger partial charge in [-0.1, -0.05) is 12.2 Å². The molecule has 0 spiro atoms. The molecule has 0 radical (unpaired) electrons. The first-order valence-corrected chi connectivity index (χ1v) is 5.12. The highest BCUT2D eigenvalue weighted by molar-refractivity contribution is 9.10. The van der Waals surface area contributed by atoms with Crippen LogP contribution in [0.2, 0.25) is 0 Å². The van der Waals surface area contributed by atoms with E-state index in [9.17, 15) is 4.39 Å². The van der Waals surface area contributed by atoms with Gasteiger partial charge in [0.2, 0.25) is 0 Å². The lowest BCUT2D eigenvalue weighted by molar-refractivity contribution is 0.287. The molecular formula is C9H9BrFNOS. The maximum Gasteiger partial charge on any atom is 0.145 e. The molecule has 0 aliphatic rings. The van der Waals surface area contributed by atoms with E-state index in [1.54, 1.807) is 19.1 Å². The van der Waals surface area contributed by atoms with Crippen LogP contribution in [0.15, 0.2) is 22.7 Å². The summed E-state index contributed by atoms with van der Waals surface area (Å²) in [6.45, 7) is 1.71. The van der Waals surface area contributed by atoms with Gasteiger partial charge in [0.1, 0.15) is 22.7 Å². The van der Waals surface area contributed by atoms with Crippen LogP contribution in [0.4, 0.5) is 4.39 Å². The minimum atomic E-state index is -0.398. The van der Waals surface area contributed by atoms with Gasteiger partial charge in [-0.05, 0) is 35.0 Å². The van der Waals surface area contributed by atoms with Gasteiger partial charge in [0.25, 0.3) is 0 Å². The highest BCUT2D eigenvalue weighted by Gasteiger charge is 2.08. The van der Waals surface area contributed by atoms with Crippen LogP contribution < -0.4 is 10.5 Å². The number of thiocarbonyl (C=S) groups is 1. The molecule has 0 heterocycles. The molecule has 0 bridgehead atoms. The second-order valence-corrected chi connectivity index (χ2v) is 4.06. The van der Waals surface area contributed by atoms with Gasteiger partial charge in [0.15, 0.2) is 0 Å². The molecule has 1 aromatic carbocycles. The van der Waals surface area contributed by atoms with Crippen molar-refractivity contribution >= 4 is 33.1 Å². The smallest absolute Gasteiger partial charge is 0.145 e. The normalized spacial score (nSPS) is 12.2. The predicted octanol–water partition coefficient (Wildman–Crippen LogP) is 2.64. The van der Waals surface area contributed by atoms with E-state index < -0.39 is 6.10 Å². The Morgan fingerprint density at radius 3 is 2.79 bits per heavy atom. The Balaban J connectivity index is 2.78. The summed E-state index contributed by atoms with van der Waals surface area (Å²) in [5.41, 5.74) is 5.36. The number of hydrogen-bond acceptors (Lipinski definition) is 2. The van der Waals surface area contributed by atoms with Gasteiger partial charge in [0, 0.05) is 6.07 Å². The van der Waals surface area contributed by atoms with Crippen LogP contribution in [0.1, 0.15) is 6.92 Å². The fraction of sp³-hybridized carbons (Fsp3) is 0.222. The van der Waals surface area contributed by atoms with Crippen LogP contribution in [0.25, 0.3) is 0 Å². The molecule has 0 aromatic heterocycles. The quantitative estimate of drug-likeness (QED) is 0.863. The van der Waals surface area contributed by atoms with Gasteiger partial charge in [-0.15, -0.1) is 0 Å². The molecule has 1 aromatic rings. The van der Waals surface area contributed by atoms with E-state index in [2.05, 4.69) is 15.9 Å². The Morgan fingerprint density at radius 1 is 1.64 bits per heavy atom. The SMILES string of the molecule is CC(Oc1ccc(Br)c(F)c1)C(N)=S. The fourth-order valence-electron chi connectivity index (χ4n) is 0.812. The largest absolute Gasteiger partial charge is 0.484 e. The van der Waals surface area contributed by atoms with Crippen molar-refractivity contribution in [1.82, 2.24) is 0 Å². The molecule has 5 heteroatoms. The number of halogens is 2. The second-order valence-electron chi connectivity index (χ2n) is 2.74. The fourth-order valence-corrected chi connectivity index (χ4v) is 1.11. The minimum absolute atomic E-state index is 0.244. The molecule has 0 saturated carbocycles. The number of hydrogen-bond donors (Lipinski definition) is 1. The van der Waals surface area contributed by atoms with Crippen LogP contribution in [0.5, 0.6) is 5.75 Å². The Labute approximate surface area is 95.4 Å². The van der Waals surface area contributed by atoms with Gasteiger partial charge >= 0.3 is 0 Å². The third-order valence-electron chi connectivity index (χ3n) is 1.60. The lowest BCUT2D eigenvalue weighted by Gasteiger charge is -2.12. The van der Waals surface area contributed by atoms with Crippen LogP contribution in [0.3, 0.4) is 0 Å². The lowest BCUT2D eigenvalue weighted by Crippen LogP contribution is -2.28. The van der Waals surface area contributed by atoms with E-state index in [-0.39, 0.29) is 10.8 Å². The van der Waals surface area contributed by atoms with E-state index in [0.717, 1.165) is 0 Å². The Bertz CT molecular complexity index is 359. The summed E-state index contributed by atoms with van der Waals surface area (Å²) in [4.78, 5) is 0.244. The summed E-state index contributed by atoms with van der Waals surface area (Å²) < 4.78 is 18.7. The molecule has 14 heavy (non-hydrogen) atoms. The zero-order chi connectivity index (χ0) is 10.7. The summed E-state index contributed by atoms with van der Waals surface area (Å²) in [7, 11) is 0. The molecule has 1 rings (SSSR count). The molecule has 76 valence electrons. The van der Waals surface area contributed by atoms with E-state index in [0.29, 0.717) is 10.2 Å². The monoisotopic (exact) mass is 277 g/mol. The zero-order valence-electron chi connectivity index (χ0n) is 7.46. The Hall–Kier alpha value is -0.680. The van der Waals surface area contributed by atoms with E-state index in [1.807, 2.05) is 0 Å². The maximum absolute atomic E-state index is 13.0. The molecule has 0 saturated heterocycles. The second kappa shape index (κ2) is 4.70. The highest BCUT2D eigenvalue weighted by atomic mass is 79.9. The number of nitrogens with two attached hydrogens (primary N) is 1. The molecule has 1 unspecified atom stereocenters. The molecule has 0 aliphatic heterocycles. The average Bonchev–Trinajstić information content (AvgIpc) is 2.11. The summed E-state index contributed by atoms with van der Waals surface area (Å²) in [5, 5.41) is 0. The van der Waals surface area contributed by atoms with Gasteiger partial charge < -0.3 is 10.5 Å². The number of ether oxygens (including phenoxy) is 1. The third-order valence-corrected chi connectivity index (χ3v) is 2.58. The minimum Gasteiger partial charge on any atom is -0.484 e. The van der Waals surface area contributed by atoms with Crippen molar-refractivity contribution in [1.29, 1.82) is 0 Å². The van der Waals surface area contributed by atoms with Crippen LogP contribution >= 0.6 is 28.1 Å². The topological polar surface area (TPSA) is 35.2 Å². The maximum atomic E-state index is 13.0. The number of benzene rings is 1. The van der Waals surface area contributed by atoms with Gasteiger partial charge in [-0.2, -0.15) is 0 Å². The van der Waals surface area contributed by atoms with Crippen LogP contribution in [-0.4, -0.2) is 11.1 Å². The third kappa shape index (κ3) is 2.92. The average molecular weight is 278 g/mol. The summed E-state index contributed by atoms with van der Waals surface area (Å²) in [6.07, 6.45) is -0.398. The van der Waals surface area contributed by atoms with Crippen molar-refractivity contribution in [3.05, 3.63) is 28.5 Å². The van der Waals surface area contributed by atoms with Crippen molar-refractivity contribution in [2.75, 3.05) is 0 Å². The summed E-state index contributed by atoms with van der Waals surface area (Å²) >= 11 is 7.77. The highest BCUT2D eigenvalue weighted by Crippen LogP contribution is 2.21. The number of rotatable bonds is 3. The molecule has 0 aliphatic carbocycles. The molecule has 1 atom stereocenters. The predicted molar refractivity (Wildman–Crippen MR) is 61.0 cm³/mol. The van der Waals surface area contributed by atoms with Crippen molar-refractivity contribution in [2.45, 2.75) is 13.0 Å². The van der Waals surface area contributed by atoms with Crippen LogP contribution in [-0.2, 0) is 0 Å². The Morgan fingerprint density at radius 2 is 2.29 bits per heavy atom. The first-order chi connectivity index (χ1) is 6.50. The molecular weight excluding hydrogens is 269 g/mol. The van der Waals surface area contributed by atoms with Gasteiger partial charge in [-0.3, -0.25) is 0 Å². The summed E-state index contributed by atoms with van der Waals surface area (Å²) in [5.74, 6) is 0.0311. The van der Waals surface area contributed by atoms with Crippen LogP contribution in [0, 0.1) is 5.82 Å². The first-order valence-electron chi connectivity index (χ1n) is 3.91. The van der Waals surface area contributed by atoms with Gasteiger partial charge in [0.05, 0.1) is 4.47 Å². The van der Waals surface area contributed by atoms with Crippen molar-refractivity contribution in [2.24, 2.45) is 5.73 Å². The molecule has 2 N–H and O–H groups in total. The van der Waals surface area contributed by atoms with E-state index in [1.165, 1.54) is 6.07 Å². The first kappa shape index (κ1) is 11.4. The molecule has 0 amide bonds. The van der Waals surface area contributed by atoms with Crippen molar-refractivity contribution in [3.8, 4) is 5.75 Å². The Kier molecular flexibility index (Phi) is 3.83. The lowest BCUT2D eigenvalue weighted by atomic mass is 10.3. The zero-order valence-corrected chi connectivity index (χ0v) is 9.86. The van der Waals surface area contributed by atoms with Crippen molar-refractivity contribution < 1.29 is 9.13 Å². The summed E-state index contributed by atoms with van der Waals surface area (Å²) in [6, 6.07) is 4.48. The van der Waals surface area contributed by atoms with Gasteiger partial charge in [-0.25, -0.2) is 4.39 Å². The van der Waals surface area contributed by atoms with E-state index >= 15 is 0 Å². The standard InChI is InChI=1S/C9H9BrFNOS/c1-5(9(12)14)13-6-2-3-7(10)8(11)4-6/h2-5H,1H3,(H2,12,14). The van der Waals surface area contributed by atoms with Crippen molar-refractivity contribution in [3.63, 3.8) is 0 Å². The van der Waals surface area contributed by atoms with E-state index in [4.69, 9.17) is 22.7 Å². The molecule has 2 nitrogen and oxygen atoms in total. The molecule has 0 fully saturated rings.